The third kappa shape index (κ3) is 3.02. The molecule has 1 aromatic carbocycles. The van der Waals surface area contributed by atoms with E-state index in [1.165, 1.54) is 31.6 Å². The lowest BCUT2D eigenvalue weighted by atomic mass is 10.1. The molecule has 0 radical (unpaired) electrons. The molecule has 0 fully saturated rings. The number of amides is 1. The Morgan fingerprint density at radius 2 is 2.05 bits per heavy atom. The van der Waals surface area contributed by atoms with Gasteiger partial charge in [0.15, 0.2) is 4.67 Å². The molecule has 0 spiro atoms. The van der Waals surface area contributed by atoms with E-state index in [4.69, 9.17) is 16.0 Å². The van der Waals surface area contributed by atoms with E-state index in [-0.39, 0.29) is 5.56 Å². The van der Waals surface area contributed by atoms with E-state index in [0.29, 0.717) is 20.9 Å². The molecule has 5 nitrogen and oxygen atoms in total. The van der Waals surface area contributed by atoms with Crippen LogP contribution in [0.15, 0.2) is 39.6 Å². The number of benzene rings is 1. The average molecular weight is 359 g/mol. The number of nitrogens with one attached hydrogen (secondary N) is 1. The average Bonchev–Trinajstić information content (AvgIpc) is 2.86. The van der Waals surface area contributed by atoms with Crippen LogP contribution in [-0.2, 0) is 4.74 Å². The highest BCUT2D eigenvalue weighted by molar-refractivity contribution is 9.10. The Hall–Kier alpha value is -1.79. The maximum absolute atomic E-state index is 12.1. The van der Waals surface area contributed by atoms with Gasteiger partial charge in [0.25, 0.3) is 5.91 Å². The zero-order valence-corrected chi connectivity index (χ0v) is 12.6. The standard InChI is InChI=1S/C13H9BrClNO4/c1-19-13(18)9-6-7(15)2-3-10(9)16-12(17)8-4-5-20-11(8)14/h2-6H,1H3,(H,16,17). The Bertz CT molecular complexity index is 668. The third-order valence-electron chi connectivity index (χ3n) is 2.50. The Morgan fingerprint density at radius 1 is 1.30 bits per heavy atom. The predicted octanol–water partition coefficient (Wildman–Crippen LogP) is 3.73. The molecule has 1 amide bonds. The first-order valence-electron chi connectivity index (χ1n) is 5.45. The van der Waals surface area contributed by atoms with Gasteiger partial charge in [-0.25, -0.2) is 4.79 Å². The lowest BCUT2D eigenvalue weighted by Gasteiger charge is -2.09. The minimum absolute atomic E-state index is 0.174. The van der Waals surface area contributed by atoms with Gasteiger partial charge >= 0.3 is 5.97 Å². The van der Waals surface area contributed by atoms with Gasteiger partial charge in [-0.2, -0.15) is 0 Å². The molecule has 2 rings (SSSR count). The normalized spacial score (nSPS) is 10.2. The van der Waals surface area contributed by atoms with Crippen molar-refractivity contribution in [2.75, 3.05) is 12.4 Å². The Kier molecular flexibility index (Phi) is 4.46. The van der Waals surface area contributed by atoms with E-state index in [1.807, 2.05) is 0 Å². The molecule has 20 heavy (non-hydrogen) atoms. The van der Waals surface area contributed by atoms with E-state index < -0.39 is 11.9 Å². The minimum atomic E-state index is -0.589. The van der Waals surface area contributed by atoms with Crippen molar-refractivity contribution in [3.8, 4) is 0 Å². The number of ether oxygens (including phenoxy) is 1. The van der Waals surface area contributed by atoms with Gasteiger partial charge < -0.3 is 14.5 Å². The Labute approximate surface area is 128 Å². The molecule has 7 heteroatoms. The fourth-order valence-electron chi connectivity index (χ4n) is 1.55. The molecule has 0 unspecified atom stereocenters. The maximum Gasteiger partial charge on any atom is 0.340 e. The number of esters is 1. The number of carbonyl (C=O) groups is 2. The summed E-state index contributed by atoms with van der Waals surface area (Å²) >= 11 is 8.95. The third-order valence-corrected chi connectivity index (χ3v) is 3.35. The summed E-state index contributed by atoms with van der Waals surface area (Å²) in [4.78, 5) is 23.7. The van der Waals surface area contributed by atoms with E-state index >= 15 is 0 Å². The number of carbonyl (C=O) groups excluding carboxylic acids is 2. The van der Waals surface area contributed by atoms with Crippen molar-refractivity contribution in [3.05, 3.63) is 51.3 Å². The van der Waals surface area contributed by atoms with Crippen molar-refractivity contribution in [2.24, 2.45) is 0 Å². The van der Waals surface area contributed by atoms with E-state index in [1.54, 1.807) is 6.07 Å². The topological polar surface area (TPSA) is 68.5 Å². The molecule has 104 valence electrons. The summed E-state index contributed by atoms with van der Waals surface area (Å²) in [5.74, 6) is -1.01. The first kappa shape index (κ1) is 14.6. The van der Waals surface area contributed by atoms with E-state index in [2.05, 4.69) is 26.0 Å². The molecular weight excluding hydrogens is 350 g/mol. The summed E-state index contributed by atoms with van der Waals surface area (Å²) in [6.45, 7) is 0. The van der Waals surface area contributed by atoms with Crippen molar-refractivity contribution < 1.29 is 18.7 Å². The van der Waals surface area contributed by atoms with Gasteiger partial charge in [0.2, 0.25) is 0 Å². The zero-order valence-electron chi connectivity index (χ0n) is 10.3. The zero-order chi connectivity index (χ0) is 14.7. The van der Waals surface area contributed by atoms with Crippen LogP contribution in [0.5, 0.6) is 0 Å². The fraction of sp³-hybridized carbons (Fsp3) is 0.0769. The van der Waals surface area contributed by atoms with Crippen LogP contribution in [0.1, 0.15) is 20.7 Å². The monoisotopic (exact) mass is 357 g/mol. The quantitative estimate of drug-likeness (QED) is 0.849. The molecule has 0 aliphatic rings. The summed E-state index contributed by atoms with van der Waals surface area (Å²) in [6, 6.07) is 6.02. The highest BCUT2D eigenvalue weighted by atomic mass is 79.9. The Morgan fingerprint density at radius 3 is 2.65 bits per heavy atom. The van der Waals surface area contributed by atoms with Crippen LogP contribution in [0.25, 0.3) is 0 Å². The highest BCUT2D eigenvalue weighted by Crippen LogP contribution is 2.24. The number of furan rings is 1. The molecule has 0 aliphatic carbocycles. The molecular formula is C13H9BrClNO4. The van der Waals surface area contributed by atoms with Crippen molar-refractivity contribution >= 4 is 45.1 Å². The smallest absolute Gasteiger partial charge is 0.340 e. The molecule has 0 atom stereocenters. The number of halogens is 2. The number of hydrogen-bond acceptors (Lipinski definition) is 4. The molecule has 0 aliphatic heterocycles. The van der Waals surface area contributed by atoms with Crippen LogP contribution in [0.3, 0.4) is 0 Å². The second kappa shape index (κ2) is 6.11. The largest absolute Gasteiger partial charge is 0.465 e. The van der Waals surface area contributed by atoms with Gasteiger partial charge in [-0.15, -0.1) is 0 Å². The van der Waals surface area contributed by atoms with Crippen molar-refractivity contribution in [3.63, 3.8) is 0 Å². The summed E-state index contributed by atoms with van der Waals surface area (Å²) < 4.78 is 9.94. The maximum atomic E-state index is 12.1. The first-order valence-corrected chi connectivity index (χ1v) is 6.62. The van der Waals surface area contributed by atoms with Crippen LogP contribution in [0.4, 0.5) is 5.69 Å². The summed E-state index contributed by atoms with van der Waals surface area (Å²) in [6.07, 6.45) is 1.38. The van der Waals surface area contributed by atoms with Gasteiger partial charge in [-0.1, -0.05) is 11.6 Å². The molecule has 1 aromatic heterocycles. The van der Waals surface area contributed by atoms with E-state index in [9.17, 15) is 9.59 Å². The number of hydrogen-bond donors (Lipinski definition) is 1. The highest BCUT2D eigenvalue weighted by Gasteiger charge is 2.17. The molecule has 0 saturated heterocycles. The predicted molar refractivity (Wildman–Crippen MR) is 77.2 cm³/mol. The molecule has 0 bridgehead atoms. The molecule has 1 N–H and O–H groups in total. The van der Waals surface area contributed by atoms with Gasteiger partial charge in [0, 0.05) is 5.02 Å². The van der Waals surface area contributed by atoms with Crippen LogP contribution >= 0.6 is 27.5 Å². The Balaban J connectivity index is 2.32. The van der Waals surface area contributed by atoms with Gasteiger partial charge in [0.1, 0.15) is 0 Å². The van der Waals surface area contributed by atoms with E-state index in [0.717, 1.165) is 0 Å². The second-order valence-electron chi connectivity index (χ2n) is 3.74. The van der Waals surface area contributed by atoms with Crippen molar-refractivity contribution in [2.45, 2.75) is 0 Å². The van der Waals surface area contributed by atoms with Crippen molar-refractivity contribution in [1.29, 1.82) is 0 Å². The lowest BCUT2D eigenvalue weighted by molar-refractivity contribution is 0.0602. The first-order chi connectivity index (χ1) is 9.52. The number of methoxy groups -OCH3 is 1. The van der Waals surface area contributed by atoms with Gasteiger partial charge in [0.05, 0.1) is 30.2 Å². The molecule has 2 aromatic rings. The van der Waals surface area contributed by atoms with Crippen LogP contribution < -0.4 is 5.32 Å². The van der Waals surface area contributed by atoms with Crippen LogP contribution in [-0.4, -0.2) is 19.0 Å². The SMILES string of the molecule is COC(=O)c1cc(Cl)ccc1NC(=O)c1ccoc1Br. The molecule has 1 heterocycles. The molecule has 0 saturated carbocycles. The van der Waals surface area contributed by atoms with Gasteiger partial charge in [-0.3, -0.25) is 4.79 Å². The fourth-order valence-corrected chi connectivity index (χ4v) is 2.14. The van der Waals surface area contributed by atoms with Crippen LogP contribution in [0, 0.1) is 0 Å². The minimum Gasteiger partial charge on any atom is -0.465 e. The summed E-state index contributed by atoms with van der Waals surface area (Å²) in [5.41, 5.74) is 0.795. The summed E-state index contributed by atoms with van der Waals surface area (Å²) in [5, 5.41) is 2.98. The van der Waals surface area contributed by atoms with Crippen molar-refractivity contribution in [1.82, 2.24) is 0 Å². The number of anilines is 1. The summed E-state index contributed by atoms with van der Waals surface area (Å²) in [7, 11) is 1.25. The van der Waals surface area contributed by atoms with Crippen LogP contribution in [0.2, 0.25) is 5.02 Å². The number of rotatable bonds is 3. The lowest BCUT2D eigenvalue weighted by Crippen LogP contribution is -2.15. The second-order valence-corrected chi connectivity index (χ2v) is 4.90. The van der Waals surface area contributed by atoms with Gasteiger partial charge in [-0.05, 0) is 40.2 Å².